The summed E-state index contributed by atoms with van der Waals surface area (Å²) in [6.45, 7) is 4.71. The van der Waals surface area contributed by atoms with Crippen LogP contribution >= 0.6 is 0 Å². The summed E-state index contributed by atoms with van der Waals surface area (Å²) in [7, 11) is 0.830. The molecule has 6 N–H and O–H groups in total. The molecular formula is C50H56F8N10O9. The largest absolute Gasteiger partial charge is 0.465 e. The average molecular weight is 1090 g/mol. The number of nitrogens with zero attached hydrogens (tertiary/aromatic N) is 6. The quantitative estimate of drug-likeness (QED) is 0.0425. The van der Waals surface area contributed by atoms with Gasteiger partial charge in [-0.3, -0.25) is 19.9 Å². The summed E-state index contributed by atoms with van der Waals surface area (Å²) in [6, 6.07) is 5.75. The van der Waals surface area contributed by atoms with Crippen LogP contribution in [-0.4, -0.2) is 154 Å². The van der Waals surface area contributed by atoms with Gasteiger partial charge in [-0.2, -0.15) is 26.3 Å². The van der Waals surface area contributed by atoms with E-state index in [2.05, 4.69) is 46.9 Å². The second kappa shape index (κ2) is 22.8. The van der Waals surface area contributed by atoms with Crippen molar-refractivity contribution >= 4 is 29.8 Å². The minimum Gasteiger partial charge on any atom is -0.465 e. The van der Waals surface area contributed by atoms with Crippen LogP contribution in [0.5, 0.6) is 0 Å². The van der Waals surface area contributed by atoms with Crippen LogP contribution < -0.4 is 26.3 Å². The Kier molecular flexibility index (Phi) is 17.1. The number of piperazine rings is 1. The van der Waals surface area contributed by atoms with E-state index in [1.807, 2.05) is 22.9 Å². The number of carbonyl (C=O) groups excluding carboxylic acids is 3. The number of aromatic nitrogens is 3. The lowest BCUT2D eigenvalue weighted by Gasteiger charge is -2.42. The Morgan fingerprint density at radius 2 is 1.44 bits per heavy atom. The predicted molar refractivity (Wildman–Crippen MR) is 256 cm³/mol. The number of aryl methyl sites for hydroxylation is 1. The number of nitrogens with one attached hydrogen (secondary N) is 4. The topological polar surface area (TPSA) is 237 Å². The lowest BCUT2D eigenvalue weighted by molar-refractivity contribution is -0.221. The van der Waals surface area contributed by atoms with Crippen LogP contribution in [0.1, 0.15) is 62.3 Å². The number of alkyl carbamates (subject to hydrolysis) is 1. The normalized spacial score (nSPS) is 18.6. The number of alkyl halides is 6. The van der Waals surface area contributed by atoms with E-state index >= 15 is 8.78 Å². The van der Waals surface area contributed by atoms with Crippen molar-refractivity contribution in [2.75, 3.05) is 44.9 Å². The number of rotatable bonds is 18. The fourth-order valence-electron chi connectivity index (χ4n) is 9.12. The smallest absolute Gasteiger partial charge is 0.407 e. The highest BCUT2D eigenvalue weighted by atomic mass is 19.4. The molecule has 0 radical (unpaired) electrons. The van der Waals surface area contributed by atoms with Crippen molar-refractivity contribution in [3.63, 3.8) is 0 Å². The summed E-state index contributed by atoms with van der Waals surface area (Å²) in [5.74, 6) is 0.666. The molecule has 3 fully saturated rings. The zero-order valence-corrected chi connectivity index (χ0v) is 42.4. The number of hydrazine groups is 1. The summed E-state index contributed by atoms with van der Waals surface area (Å²) < 4.78 is 134. The lowest BCUT2D eigenvalue weighted by atomic mass is 9.82. The number of hydrogen-bond acceptors (Lipinski definition) is 14. The standard InChI is InChI=1S/C50H56F8N10O9/c1-26-63-64-44(77-26)30-16-35(51)34(36(52)17-30)22-66(65-43(71)41(61-45(72)73)48(4,5)50(56,57)58)23-38(69)37(60-42(70)40(62-46(74)75-6)47(2,3)49(53,54)55)15-28-10-7-27(8-11-28)9-12-29-13-14-39(59-19-29)68-21-31-18-32(68)20-67(31)33-24-76-25-33/h7-8,10-11,13-14,16-17,19,31-33,37-38,40-41,61,69H,15,18,20-25H2,1-6H3,(H,60,70)(H,62,74)(H,65,71)(H,72,73)/t31-,32-,37+,38+,40-,41-/m1/s1. The molecule has 0 spiro atoms. The second-order valence-electron chi connectivity index (χ2n) is 20.1. The van der Waals surface area contributed by atoms with E-state index < -0.39 is 108 Å². The molecule has 19 nitrogen and oxygen atoms in total. The Morgan fingerprint density at radius 3 is 1.95 bits per heavy atom. The first-order chi connectivity index (χ1) is 36.1. The number of carboxylic acid groups (broad SMARTS) is 1. The number of fused-ring (bicyclic) bond motifs is 2. The molecule has 3 aliphatic heterocycles. The highest BCUT2D eigenvalue weighted by Crippen LogP contribution is 2.42. The van der Waals surface area contributed by atoms with Gasteiger partial charge in [-0.1, -0.05) is 24.0 Å². The van der Waals surface area contributed by atoms with E-state index in [4.69, 9.17) is 9.15 Å². The minimum atomic E-state index is -5.25. The van der Waals surface area contributed by atoms with Crippen molar-refractivity contribution in [2.24, 2.45) is 10.8 Å². The van der Waals surface area contributed by atoms with Gasteiger partial charge in [0.25, 0.3) is 5.91 Å². The molecule has 2 bridgehead atoms. The maximum Gasteiger partial charge on any atom is 0.407 e. The Bertz CT molecular complexity index is 2830. The number of methoxy groups -OCH3 is 1. The van der Waals surface area contributed by atoms with Crippen molar-refractivity contribution in [3.8, 4) is 23.3 Å². The van der Waals surface area contributed by atoms with E-state index in [1.165, 1.54) is 24.4 Å². The summed E-state index contributed by atoms with van der Waals surface area (Å²) in [5.41, 5.74) is -3.94. The highest BCUT2D eigenvalue weighted by molar-refractivity contribution is 5.87. The number of likely N-dealkylation sites (tertiary alicyclic amines) is 1. The number of ether oxygens (including phenoxy) is 2. The van der Waals surface area contributed by atoms with Crippen LogP contribution in [0.4, 0.5) is 50.5 Å². The van der Waals surface area contributed by atoms with Gasteiger partial charge in [0.2, 0.25) is 17.7 Å². The Morgan fingerprint density at radius 1 is 0.831 bits per heavy atom. The molecule has 4 aromatic rings. The summed E-state index contributed by atoms with van der Waals surface area (Å²) in [5, 5.41) is 35.0. The monoisotopic (exact) mass is 1090 g/mol. The molecule has 77 heavy (non-hydrogen) atoms. The van der Waals surface area contributed by atoms with E-state index in [0.717, 1.165) is 57.8 Å². The predicted octanol–water partition coefficient (Wildman–Crippen LogP) is 5.24. The number of aliphatic hydroxyl groups excluding tert-OH is 1. The number of carbonyl (C=O) groups is 4. The van der Waals surface area contributed by atoms with Gasteiger partial charge in [-0.05, 0) is 82.5 Å². The third kappa shape index (κ3) is 13.2. The van der Waals surface area contributed by atoms with E-state index in [0.29, 0.717) is 67.5 Å². The zero-order chi connectivity index (χ0) is 56.4. The first kappa shape index (κ1) is 57.6. The number of halogens is 8. The van der Waals surface area contributed by atoms with Gasteiger partial charge in [0.05, 0.1) is 49.3 Å². The fourth-order valence-corrected chi connectivity index (χ4v) is 9.12. The zero-order valence-electron chi connectivity index (χ0n) is 42.4. The molecule has 2 aromatic heterocycles. The van der Waals surface area contributed by atoms with Gasteiger partial charge in [-0.15, -0.1) is 10.2 Å². The molecule has 0 unspecified atom stereocenters. The molecule has 4 amide bonds. The molecule has 7 rings (SSSR count). The van der Waals surface area contributed by atoms with Crippen molar-refractivity contribution in [1.82, 2.24) is 46.5 Å². The van der Waals surface area contributed by atoms with Crippen molar-refractivity contribution in [1.29, 1.82) is 0 Å². The van der Waals surface area contributed by atoms with Crippen LogP contribution in [0.2, 0.25) is 0 Å². The molecule has 2 aromatic carbocycles. The second-order valence-corrected chi connectivity index (χ2v) is 20.1. The first-order valence-corrected chi connectivity index (χ1v) is 24.0. The molecule has 5 heterocycles. The number of amides is 4. The van der Waals surface area contributed by atoms with Gasteiger partial charge in [0.15, 0.2) is 0 Å². The molecule has 3 aliphatic rings. The molecule has 3 saturated heterocycles. The van der Waals surface area contributed by atoms with Gasteiger partial charge in [0.1, 0.15) is 29.5 Å². The van der Waals surface area contributed by atoms with Gasteiger partial charge < -0.3 is 45.0 Å². The number of anilines is 1. The maximum atomic E-state index is 15.9. The van der Waals surface area contributed by atoms with Gasteiger partial charge in [0, 0.05) is 73.6 Å². The molecule has 0 aliphatic carbocycles. The third-order valence-electron chi connectivity index (χ3n) is 14.1. The van der Waals surface area contributed by atoms with Crippen LogP contribution in [0.15, 0.2) is 59.1 Å². The molecular weight excluding hydrogens is 1040 g/mol. The number of aliphatic hydroxyl groups is 1. The maximum absolute atomic E-state index is 15.9. The first-order valence-electron chi connectivity index (χ1n) is 24.0. The van der Waals surface area contributed by atoms with Crippen LogP contribution in [0, 0.1) is 41.2 Å². The Hall–Kier alpha value is -7.15. The Labute approximate surface area is 436 Å². The fraction of sp³-hybridized carbons (Fsp3) is 0.500. The lowest BCUT2D eigenvalue weighted by Crippen LogP contribution is -2.63. The van der Waals surface area contributed by atoms with Crippen LogP contribution in [0.3, 0.4) is 0 Å². The molecule has 27 heteroatoms. The Balaban J connectivity index is 1.17. The molecule has 416 valence electrons. The number of hydrogen-bond donors (Lipinski definition) is 6. The number of pyridine rings is 1. The van der Waals surface area contributed by atoms with Crippen LogP contribution in [-0.2, 0) is 32.0 Å². The SMILES string of the molecule is COC(=O)N[C@H](C(=O)N[C@@H](Cc1ccc(C#Cc2ccc(N3C[C@H]4C[C@@H]3CN4C3COC3)nc2)cc1)[C@@H](O)CN(Cc1c(F)cc(-c2nnc(C)o2)cc1F)NC(=O)[C@@H](NC(=O)O)C(C)(C)C(F)(F)F)C(C)(C)C(F)(F)F. The van der Waals surface area contributed by atoms with Gasteiger partial charge >= 0.3 is 24.5 Å². The third-order valence-corrected chi connectivity index (χ3v) is 14.1. The van der Waals surface area contributed by atoms with Gasteiger partial charge in [-0.25, -0.2) is 28.4 Å². The van der Waals surface area contributed by atoms with Crippen molar-refractivity contribution in [3.05, 3.63) is 94.5 Å². The minimum absolute atomic E-state index is 0.0331. The van der Waals surface area contributed by atoms with E-state index in [-0.39, 0.29) is 17.3 Å². The summed E-state index contributed by atoms with van der Waals surface area (Å²) in [4.78, 5) is 61.4. The van der Waals surface area contributed by atoms with Crippen LogP contribution in [0.25, 0.3) is 11.5 Å². The average Bonchev–Trinajstić information content (AvgIpc) is 4.09. The van der Waals surface area contributed by atoms with Crippen molar-refractivity contribution < 1.29 is 78.4 Å². The summed E-state index contributed by atoms with van der Waals surface area (Å²) in [6.07, 6.45) is -13.8. The van der Waals surface area contributed by atoms with E-state index in [1.54, 1.807) is 18.3 Å². The molecule has 0 saturated carbocycles. The van der Waals surface area contributed by atoms with E-state index in [9.17, 15) is 55.7 Å². The molecule has 6 atom stereocenters. The summed E-state index contributed by atoms with van der Waals surface area (Å²) >= 11 is 0. The van der Waals surface area contributed by atoms with Crippen molar-refractivity contribution in [2.45, 2.75) is 109 Å². The number of benzene rings is 2. The highest BCUT2D eigenvalue weighted by Gasteiger charge is 2.57.